The molecule has 0 bridgehead atoms. The Morgan fingerprint density at radius 2 is 2.04 bits per heavy atom. The second-order valence-corrected chi connectivity index (χ2v) is 6.62. The van der Waals surface area contributed by atoms with Crippen LogP contribution in [0.25, 0.3) is 10.6 Å². The zero-order valence-electron chi connectivity index (χ0n) is 15.0. The van der Waals surface area contributed by atoms with Crippen molar-refractivity contribution >= 4 is 22.9 Å². The number of nitrogens with zero attached hydrogens (tertiary/aromatic N) is 1. The predicted molar refractivity (Wildman–Crippen MR) is 109 cm³/mol. The van der Waals surface area contributed by atoms with Gasteiger partial charge in [0.05, 0.1) is 7.11 Å². The van der Waals surface area contributed by atoms with Crippen LogP contribution in [0, 0.1) is 0 Å². The first-order chi connectivity index (χ1) is 13.2. The zero-order chi connectivity index (χ0) is 19.1. The van der Waals surface area contributed by atoms with Gasteiger partial charge in [0.2, 0.25) is 0 Å². The molecule has 2 aromatic carbocycles. The van der Waals surface area contributed by atoms with E-state index >= 15 is 0 Å². The van der Waals surface area contributed by atoms with Crippen LogP contribution in [0.4, 0.5) is 5.69 Å². The monoisotopic (exact) mass is 380 g/mol. The van der Waals surface area contributed by atoms with Crippen LogP contribution >= 0.6 is 11.3 Å². The zero-order valence-corrected chi connectivity index (χ0v) is 15.8. The van der Waals surface area contributed by atoms with Crippen molar-refractivity contribution in [2.75, 3.05) is 19.0 Å². The quantitative estimate of drug-likeness (QED) is 0.582. The number of methoxy groups -OCH3 is 1. The summed E-state index contributed by atoms with van der Waals surface area (Å²) in [7, 11) is 1.57. The maximum Gasteiger partial charge on any atom is 0.262 e. The number of thiazole rings is 1. The molecule has 6 heteroatoms. The largest absolute Gasteiger partial charge is 0.493 e. The van der Waals surface area contributed by atoms with Crippen LogP contribution < -0.4 is 14.8 Å². The van der Waals surface area contributed by atoms with Gasteiger partial charge in [-0.05, 0) is 48.4 Å². The maximum atomic E-state index is 12.2. The lowest BCUT2D eigenvalue weighted by Gasteiger charge is -2.12. The Labute approximate surface area is 162 Å². The molecule has 0 aliphatic heterocycles. The van der Waals surface area contributed by atoms with Crippen molar-refractivity contribution in [2.24, 2.45) is 0 Å². The number of carbonyl (C=O) groups excluding carboxylic acids is 1. The van der Waals surface area contributed by atoms with Gasteiger partial charge in [-0.15, -0.1) is 17.9 Å². The van der Waals surface area contributed by atoms with Crippen LogP contribution in [0.15, 0.2) is 66.7 Å². The number of anilines is 1. The molecule has 0 fully saturated rings. The van der Waals surface area contributed by atoms with E-state index in [0.717, 1.165) is 22.6 Å². The third-order valence-electron chi connectivity index (χ3n) is 3.81. The van der Waals surface area contributed by atoms with Crippen LogP contribution in [0.3, 0.4) is 0 Å². The fourth-order valence-electron chi connectivity index (χ4n) is 2.53. The topological polar surface area (TPSA) is 60.5 Å². The molecular weight excluding hydrogens is 360 g/mol. The molecule has 5 nitrogen and oxygen atoms in total. The summed E-state index contributed by atoms with van der Waals surface area (Å²) < 4.78 is 10.9. The predicted octanol–water partition coefficient (Wildman–Crippen LogP) is 4.56. The first-order valence-corrected chi connectivity index (χ1v) is 9.28. The van der Waals surface area contributed by atoms with E-state index in [2.05, 4.69) is 16.9 Å². The van der Waals surface area contributed by atoms with Crippen LogP contribution in [0.2, 0.25) is 0 Å². The molecule has 27 heavy (non-hydrogen) atoms. The SMILES string of the molecule is C=CCc1ccc(OCC(=O)Nc2ccc(-c3nccs3)cc2)c(OC)c1. The van der Waals surface area contributed by atoms with Gasteiger partial charge in [0.1, 0.15) is 5.01 Å². The molecule has 3 rings (SSSR count). The number of nitrogens with one attached hydrogen (secondary N) is 1. The highest BCUT2D eigenvalue weighted by molar-refractivity contribution is 7.13. The van der Waals surface area contributed by atoms with Gasteiger partial charge < -0.3 is 14.8 Å². The maximum absolute atomic E-state index is 12.2. The fourth-order valence-corrected chi connectivity index (χ4v) is 3.17. The van der Waals surface area contributed by atoms with E-state index in [1.165, 1.54) is 0 Å². The molecule has 0 aliphatic rings. The van der Waals surface area contributed by atoms with E-state index in [4.69, 9.17) is 9.47 Å². The molecule has 1 aromatic heterocycles. The number of hydrogen-bond donors (Lipinski definition) is 1. The minimum absolute atomic E-state index is 0.106. The van der Waals surface area contributed by atoms with E-state index in [0.29, 0.717) is 17.2 Å². The summed E-state index contributed by atoms with van der Waals surface area (Å²) in [5.74, 6) is 0.878. The summed E-state index contributed by atoms with van der Waals surface area (Å²) >= 11 is 1.57. The van der Waals surface area contributed by atoms with Gasteiger partial charge in [-0.2, -0.15) is 0 Å². The normalized spacial score (nSPS) is 10.3. The van der Waals surface area contributed by atoms with E-state index in [-0.39, 0.29) is 12.5 Å². The molecule has 1 N–H and O–H groups in total. The molecule has 0 radical (unpaired) electrons. The van der Waals surface area contributed by atoms with Gasteiger partial charge in [0, 0.05) is 22.8 Å². The van der Waals surface area contributed by atoms with Crippen molar-refractivity contribution in [3.05, 3.63) is 72.3 Å². The highest BCUT2D eigenvalue weighted by Gasteiger charge is 2.09. The number of ether oxygens (including phenoxy) is 2. The van der Waals surface area contributed by atoms with E-state index < -0.39 is 0 Å². The summed E-state index contributed by atoms with van der Waals surface area (Å²) in [6.07, 6.45) is 4.34. The fraction of sp³-hybridized carbons (Fsp3) is 0.143. The highest BCUT2D eigenvalue weighted by Crippen LogP contribution is 2.28. The highest BCUT2D eigenvalue weighted by atomic mass is 32.1. The Balaban J connectivity index is 1.57. The Morgan fingerprint density at radius 3 is 2.70 bits per heavy atom. The van der Waals surface area contributed by atoms with Gasteiger partial charge in [-0.25, -0.2) is 4.98 Å². The molecule has 0 atom stereocenters. The summed E-state index contributed by atoms with van der Waals surface area (Å²) in [6, 6.07) is 13.2. The summed E-state index contributed by atoms with van der Waals surface area (Å²) in [6.45, 7) is 3.62. The van der Waals surface area contributed by atoms with Crippen molar-refractivity contribution in [3.63, 3.8) is 0 Å². The molecular formula is C21H20N2O3S. The average molecular weight is 380 g/mol. The van der Waals surface area contributed by atoms with Crippen molar-refractivity contribution in [1.29, 1.82) is 0 Å². The van der Waals surface area contributed by atoms with Crippen molar-refractivity contribution in [3.8, 4) is 22.1 Å². The van der Waals surface area contributed by atoms with E-state index in [1.807, 2.05) is 47.9 Å². The summed E-state index contributed by atoms with van der Waals surface area (Å²) in [5.41, 5.74) is 2.79. The standard InChI is InChI=1S/C21H20N2O3S/c1-3-4-15-5-10-18(19(13-15)25-2)26-14-20(24)23-17-8-6-16(7-9-17)21-22-11-12-27-21/h3,5-13H,1,4,14H2,2H3,(H,23,24). The van der Waals surface area contributed by atoms with Crippen LogP contribution in [0.5, 0.6) is 11.5 Å². The number of carbonyl (C=O) groups is 1. The van der Waals surface area contributed by atoms with Crippen molar-refractivity contribution < 1.29 is 14.3 Å². The van der Waals surface area contributed by atoms with Crippen LogP contribution in [-0.2, 0) is 11.2 Å². The summed E-state index contributed by atoms with van der Waals surface area (Å²) in [5, 5.41) is 5.70. The molecule has 3 aromatic rings. The number of hydrogen-bond acceptors (Lipinski definition) is 5. The average Bonchev–Trinajstić information content (AvgIpc) is 3.22. The van der Waals surface area contributed by atoms with Gasteiger partial charge in [0.15, 0.2) is 18.1 Å². The van der Waals surface area contributed by atoms with Gasteiger partial charge >= 0.3 is 0 Å². The number of benzene rings is 2. The lowest BCUT2D eigenvalue weighted by atomic mass is 10.1. The molecule has 138 valence electrons. The third-order valence-corrected chi connectivity index (χ3v) is 4.64. The Morgan fingerprint density at radius 1 is 1.22 bits per heavy atom. The second-order valence-electron chi connectivity index (χ2n) is 5.73. The Kier molecular flexibility index (Phi) is 6.22. The third kappa shape index (κ3) is 4.95. The lowest BCUT2D eigenvalue weighted by Crippen LogP contribution is -2.20. The number of allylic oxidation sites excluding steroid dienone is 1. The Bertz CT molecular complexity index is 906. The number of rotatable bonds is 8. The van der Waals surface area contributed by atoms with Gasteiger partial charge in [-0.1, -0.05) is 12.1 Å². The van der Waals surface area contributed by atoms with Gasteiger partial charge in [-0.3, -0.25) is 4.79 Å². The minimum Gasteiger partial charge on any atom is -0.493 e. The number of amides is 1. The van der Waals surface area contributed by atoms with Crippen LogP contribution in [0.1, 0.15) is 5.56 Å². The second kappa shape index (κ2) is 9.00. The summed E-state index contributed by atoms with van der Waals surface area (Å²) in [4.78, 5) is 16.4. The first kappa shape index (κ1) is 18.7. The molecule has 0 unspecified atom stereocenters. The molecule has 0 spiro atoms. The van der Waals surface area contributed by atoms with E-state index in [9.17, 15) is 4.79 Å². The van der Waals surface area contributed by atoms with Gasteiger partial charge in [0.25, 0.3) is 5.91 Å². The molecule has 0 aliphatic carbocycles. The molecule has 0 saturated carbocycles. The smallest absolute Gasteiger partial charge is 0.262 e. The molecule has 1 amide bonds. The molecule has 1 heterocycles. The van der Waals surface area contributed by atoms with E-state index in [1.54, 1.807) is 30.7 Å². The lowest BCUT2D eigenvalue weighted by molar-refractivity contribution is -0.118. The Hall–Kier alpha value is -3.12. The van der Waals surface area contributed by atoms with Crippen molar-refractivity contribution in [2.45, 2.75) is 6.42 Å². The minimum atomic E-state index is -0.241. The van der Waals surface area contributed by atoms with Crippen LogP contribution in [-0.4, -0.2) is 24.6 Å². The van der Waals surface area contributed by atoms with Crippen molar-refractivity contribution in [1.82, 2.24) is 4.98 Å². The number of aromatic nitrogens is 1. The first-order valence-electron chi connectivity index (χ1n) is 8.40. The molecule has 0 saturated heterocycles.